The van der Waals surface area contributed by atoms with Gasteiger partial charge in [0.2, 0.25) is 0 Å². The standard InChI is InChI=1S/C25H28N4S/c1-4-19-20(5-1)30-24-21(19)23(28-22(29-24)18-3-2-6-26-13-18)27-14-25-10-15-7-16(11-25)9-17(8-15)12-25/h2-3,6,13,15-17H,1,4-5,7-12,14H2,(H,27,28,29). The second-order valence-electron chi connectivity index (χ2n) is 10.4. The van der Waals surface area contributed by atoms with Gasteiger partial charge < -0.3 is 5.32 Å². The summed E-state index contributed by atoms with van der Waals surface area (Å²) in [6, 6.07) is 4.04. The van der Waals surface area contributed by atoms with Gasteiger partial charge in [0.05, 0.1) is 5.39 Å². The molecule has 3 aromatic rings. The first-order chi connectivity index (χ1) is 14.7. The van der Waals surface area contributed by atoms with Crippen LogP contribution in [0.15, 0.2) is 24.5 Å². The van der Waals surface area contributed by atoms with E-state index in [1.807, 2.05) is 29.8 Å². The summed E-state index contributed by atoms with van der Waals surface area (Å²) in [6.07, 6.45) is 16.1. The van der Waals surface area contributed by atoms with Gasteiger partial charge in [-0.25, -0.2) is 9.97 Å². The summed E-state index contributed by atoms with van der Waals surface area (Å²) >= 11 is 1.88. The van der Waals surface area contributed by atoms with E-state index < -0.39 is 0 Å². The number of hydrogen-bond acceptors (Lipinski definition) is 5. The molecule has 3 heterocycles. The lowest BCUT2D eigenvalue weighted by molar-refractivity contribution is -0.0444. The van der Waals surface area contributed by atoms with E-state index >= 15 is 0 Å². The molecule has 5 aliphatic rings. The van der Waals surface area contributed by atoms with E-state index in [9.17, 15) is 0 Å². The Labute approximate surface area is 181 Å². The van der Waals surface area contributed by atoms with Crippen LogP contribution in [-0.2, 0) is 12.8 Å². The largest absolute Gasteiger partial charge is 0.369 e. The number of rotatable bonds is 4. The molecule has 0 unspecified atom stereocenters. The lowest BCUT2D eigenvalue weighted by atomic mass is 9.49. The summed E-state index contributed by atoms with van der Waals surface area (Å²) < 4.78 is 0. The predicted molar refractivity (Wildman–Crippen MR) is 122 cm³/mol. The van der Waals surface area contributed by atoms with Crippen molar-refractivity contribution in [3.63, 3.8) is 0 Å². The topological polar surface area (TPSA) is 50.7 Å². The fourth-order valence-corrected chi connectivity index (χ4v) is 8.79. The zero-order valence-corrected chi connectivity index (χ0v) is 18.2. The second-order valence-corrected chi connectivity index (χ2v) is 11.5. The first kappa shape index (κ1) is 17.6. The third-order valence-electron chi connectivity index (χ3n) is 8.28. The number of pyridine rings is 1. The van der Waals surface area contributed by atoms with Crippen molar-refractivity contribution in [2.45, 2.75) is 57.8 Å². The summed E-state index contributed by atoms with van der Waals surface area (Å²) in [6.45, 7) is 1.08. The predicted octanol–water partition coefficient (Wildman–Crippen LogP) is 5.87. The monoisotopic (exact) mass is 416 g/mol. The van der Waals surface area contributed by atoms with Gasteiger partial charge in [-0.2, -0.15) is 0 Å². The normalized spacial score (nSPS) is 31.4. The van der Waals surface area contributed by atoms with E-state index in [-0.39, 0.29) is 0 Å². The lowest BCUT2D eigenvalue weighted by Crippen LogP contribution is -2.49. The minimum absolute atomic E-state index is 0.500. The maximum Gasteiger partial charge on any atom is 0.164 e. The Balaban J connectivity index is 1.28. The van der Waals surface area contributed by atoms with Gasteiger partial charge in [-0.1, -0.05) is 0 Å². The molecule has 154 valence electrons. The number of thiophene rings is 1. The molecule has 0 radical (unpaired) electrons. The molecule has 0 aliphatic heterocycles. The Bertz CT molecular complexity index is 1080. The van der Waals surface area contributed by atoms with Crippen molar-refractivity contribution in [1.29, 1.82) is 0 Å². The minimum atomic E-state index is 0.500. The van der Waals surface area contributed by atoms with Crippen LogP contribution < -0.4 is 5.32 Å². The van der Waals surface area contributed by atoms with E-state index in [2.05, 4.69) is 16.4 Å². The van der Waals surface area contributed by atoms with Gasteiger partial charge in [0.1, 0.15) is 10.6 Å². The van der Waals surface area contributed by atoms with Crippen molar-refractivity contribution in [2.24, 2.45) is 23.2 Å². The van der Waals surface area contributed by atoms with Crippen LogP contribution in [0.2, 0.25) is 0 Å². The molecule has 0 spiro atoms. The molecule has 0 atom stereocenters. The molecule has 5 heteroatoms. The molecule has 1 N–H and O–H groups in total. The van der Waals surface area contributed by atoms with Crippen molar-refractivity contribution in [1.82, 2.24) is 15.0 Å². The van der Waals surface area contributed by atoms with Crippen LogP contribution in [0.3, 0.4) is 0 Å². The van der Waals surface area contributed by atoms with Gasteiger partial charge in [0.25, 0.3) is 0 Å². The highest BCUT2D eigenvalue weighted by atomic mass is 32.1. The van der Waals surface area contributed by atoms with Crippen molar-refractivity contribution in [3.8, 4) is 11.4 Å². The molecule has 8 rings (SSSR count). The highest BCUT2D eigenvalue weighted by Crippen LogP contribution is 2.60. The van der Waals surface area contributed by atoms with Gasteiger partial charge in [-0.15, -0.1) is 11.3 Å². The van der Waals surface area contributed by atoms with E-state index in [1.165, 1.54) is 73.6 Å². The van der Waals surface area contributed by atoms with Crippen LogP contribution in [0.5, 0.6) is 0 Å². The number of nitrogens with one attached hydrogen (secondary N) is 1. The smallest absolute Gasteiger partial charge is 0.164 e. The first-order valence-corrected chi connectivity index (χ1v) is 12.5. The minimum Gasteiger partial charge on any atom is -0.369 e. The number of aryl methyl sites for hydroxylation is 2. The molecule has 0 aromatic carbocycles. The highest BCUT2D eigenvalue weighted by Gasteiger charge is 2.50. The molecule has 0 amide bonds. The zero-order valence-electron chi connectivity index (χ0n) is 17.4. The van der Waals surface area contributed by atoms with E-state index in [1.54, 1.807) is 0 Å². The quantitative estimate of drug-likeness (QED) is 0.578. The Morgan fingerprint density at radius 1 is 1.03 bits per heavy atom. The molecule has 5 aliphatic carbocycles. The van der Waals surface area contributed by atoms with Crippen LogP contribution in [-0.4, -0.2) is 21.5 Å². The third-order valence-corrected chi connectivity index (χ3v) is 9.47. The number of hydrogen-bond donors (Lipinski definition) is 1. The summed E-state index contributed by atoms with van der Waals surface area (Å²) in [5.41, 5.74) is 3.02. The summed E-state index contributed by atoms with van der Waals surface area (Å²) in [5.74, 6) is 4.84. The van der Waals surface area contributed by atoms with Gasteiger partial charge in [-0.05, 0) is 98.7 Å². The molecule has 3 aromatic heterocycles. The highest BCUT2D eigenvalue weighted by molar-refractivity contribution is 7.19. The van der Waals surface area contributed by atoms with E-state index in [0.29, 0.717) is 5.41 Å². The van der Waals surface area contributed by atoms with E-state index in [0.717, 1.165) is 46.3 Å². The second kappa shape index (κ2) is 6.49. The first-order valence-electron chi connectivity index (χ1n) is 11.7. The van der Waals surface area contributed by atoms with E-state index in [4.69, 9.17) is 9.97 Å². The Hall–Kier alpha value is -2.01. The maximum atomic E-state index is 5.08. The van der Waals surface area contributed by atoms with Gasteiger partial charge in [0.15, 0.2) is 5.82 Å². The summed E-state index contributed by atoms with van der Waals surface area (Å²) in [5, 5.41) is 5.22. The van der Waals surface area contributed by atoms with Crippen LogP contribution in [0.25, 0.3) is 21.6 Å². The third kappa shape index (κ3) is 2.74. The molecule has 4 fully saturated rings. The SMILES string of the molecule is c1cncc(-c2nc(NCC34CC5CC(CC(C5)C3)C4)c3c4c(sc3n2)CCC4)c1. The molecule has 0 saturated heterocycles. The summed E-state index contributed by atoms with van der Waals surface area (Å²) in [7, 11) is 0. The molecule has 4 saturated carbocycles. The van der Waals surface area contributed by atoms with Gasteiger partial charge >= 0.3 is 0 Å². The van der Waals surface area contributed by atoms with Crippen LogP contribution in [0.4, 0.5) is 5.82 Å². The Morgan fingerprint density at radius 3 is 2.57 bits per heavy atom. The Morgan fingerprint density at radius 2 is 1.83 bits per heavy atom. The van der Waals surface area contributed by atoms with Crippen molar-refractivity contribution in [2.75, 3.05) is 11.9 Å². The average Bonchev–Trinajstić information content (AvgIpc) is 3.33. The number of anilines is 1. The van der Waals surface area contributed by atoms with Crippen molar-refractivity contribution in [3.05, 3.63) is 35.0 Å². The molecular weight excluding hydrogens is 388 g/mol. The maximum absolute atomic E-state index is 5.08. The number of aromatic nitrogens is 3. The molecule has 30 heavy (non-hydrogen) atoms. The summed E-state index contributed by atoms with van der Waals surface area (Å²) in [4.78, 5) is 17.0. The fraction of sp³-hybridized carbons (Fsp3) is 0.560. The zero-order chi connectivity index (χ0) is 19.7. The fourth-order valence-electron chi connectivity index (χ4n) is 7.53. The van der Waals surface area contributed by atoms with Crippen LogP contribution >= 0.6 is 11.3 Å². The lowest BCUT2D eigenvalue weighted by Gasteiger charge is -2.57. The van der Waals surface area contributed by atoms with Crippen molar-refractivity contribution >= 4 is 27.4 Å². The van der Waals surface area contributed by atoms with Gasteiger partial charge in [0, 0.05) is 29.4 Å². The molecule has 4 nitrogen and oxygen atoms in total. The van der Waals surface area contributed by atoms with Crippen molar-refractivity contribution < 1.29 is 0 Å². The van der Waals surface area contributed by atoms with Crippen LogP contribution in [0.1, 0.15) is 55.4 Å². The molecule has 4 bridgehead atoms. The number of nitrogens with zero attached hydrogens (tertiary/aromatic N) is 3. The average molecular weight is 417 g/mol. The Kier molecular flexibility index (Phi) is 3.82. The number of fused-ring (bicyclic) bond motifs is 3. The van der Waals surface area contributed by atoms with Gasteiger partial charge in [-0.3, -0.25) is 4.98 Å². The van der Waals surface area contributed by atoms with Crippen LogP contribution in [0, 0.1) is 23.2 Å². The molecular formula is C25H28N4S.